The van der Waals surface area contributed by atoms with Gasteiger partial charge >= 0.3 is 5.97 Å². The maximum absolute atomic E-state index is 15.6. The van der Waals surface area contributed by atoms with E-state index in [1.165, 1.54) is 19.9 Å². The standard InChI is InChI=1S/C54H76FN7O16/c1-8-31-33-23-62-39(20-35-34(52(62)74)25-78-53(75)54(35,76)9-2)46(33)60-38-21-36(55)29(6)32(44(31)38)15-12-13-19-77-26-57-49(71)30(7)58-51(73)45(27(3)4)61-50(72)37(59-43(68)16-11-10-14-28(5)64)17-18-42(67)56-22-40(65)47(69)48(70)41(66)24-63/h20-21,27,30,37,40-41,45,47-48,63,65-66,69-70,76H,8-19,22-26H2,1-7H3,(H,56,67)(H,57,71)(H,58,73)(H,59,68)(H,61,72)/t30-,37-,40-,41+,45-,47+,48+,54-/m0/s1. The number of aliphatic hydroxyl groups excluding tert-OH is 5. The Kier molecular flexibility index (Phi) is 22.5. The van der Waals surface area contributed by atoms with E-state index in [0.717, 1.165) is 22.1 Å². The number of nitrogens with zero attached hydrogens (tertiary/aromatic N) is 2. The molecule has 0 fully saturated rings. The first-order valence-electron chi connectivity index (χ1n) is 26.6. The lowest BCUT2D eigenvalue weighted by atomic mass is 9.86. The number of carbonyl (C=O) groups is 7. The van der Waals surface area contributed by atoms with Gasteiger partial charge in [-0.2, -0.15) is 0 Å². The van der Waals surface area contributed by atoms with Gasteiger partial charge in [0.2, 0.25) is 29.5 Å². The maximum atomic E-state index is 15.6. The quantitative estimate of drug-likeness (QED) is 0.0188. The molecule has 78 heavy (non-hydrogen) atoms. The molecule has 0 spiro atoms. The molecule has 0 saturated heterocycles. The van der Waals surface area contributed by atoms with Crippen molar-refractivity contribution in [2.45, 2.75) is 180 Å². The molecular weight excluding hydrogens is 1020 g/mol. The highest BCUT2D eigenvalue weighted by molar-refractivity contribution is 5.95. The van der Waals surface area contributed by atoms with Crippen molar-refractivity contribution in [3.63, 3.8) is 0 Å². The Morgan fingerprint density at radius 2 is 1.54 bits per heavy atom. The summed E-state index contributed by atoms with van der Waals surface area (Å²) in [7, 11) is 0. The second-order valence-corrected chi connectivity index (χ2v) is 20.4. The van der Waals surface area contributed by atoms with Crippen LogP contribution in [0.4, 0.5) is 4.39 Å². The van der Waals surface area contributed by atoms with Crippen LogP contribution in [0.25, 0.3) is 22.3 Å². The summed E-state index contributed by atoms with van der Waals surface area (Å²) in [6.07, 6.45) is -5.00. The van der Waals surface area contributed by atoms with Crippen molar-refractivity contribution in [3.8, 4) is 11.4 Å². The fourth-order valence-electron chi connectivity index (χ4n) is 9.66. The number of ketones is 1. The third-order valence-corrected chi connectivity index (χ3v) is 14.4. The lowest BCUT2D eigenvalue weighted by molar-refractivity contribution is -0.172. The summed E-state index contributed by atoms with van der Waals surface area (Å²) in [5, 5.41) is 73.5. The number of ether oxygens (including phenoxy) is 2. The summed E-state index contributed by atoms with van der Waals surface area (Å²) in [4.78, 5) is 109. The summed E-state index contributed by atoms with van der Waals surface area (Å²) in [5.41, 5.74) is 2.27. The van der Waals surface area contributed by atoms with E-state index >= 15 is 4.39 Å². The van der Waals surface area contributed by atoms with Crippen LogP contribution in [0.3, 0.4) is 0 Å². The van der Waals surface area contributed by atoms with Crippen LogP contribution < -0.4 is 32.1 Å². The number of rotatable bonds is 30. The van der Waals surface area contributed by atoms with E-state index in [-0.39, 0.29) is 69.1 Å². The number of esters is 1. The number of nitrogens with one attached hydrogen (secondary N) is 5. The van der Waals surface area contributed by atoms with Crippen LogP contribution >= 0.6 is 0 Å². The Hall–Kier alpha value is -6.28. The molecule has 5 amide bonds. The molecule has 2 aliphatic heterocycles. The Balaban J connectivity index is 1.14. The second kappa shape index (κ2) is 28.0. The van der Waals surface area contributed by atoms with Crippen LogP contribution in [-0.4, -0.2) is 151 Å². The monoisotopic (exact) mass is 1100 g/mol. The van der Waals surface area contributed by atoms with Crippen molar-refractivity contribution in [2.75, 3.05) is 26.5 Å². The number of pyridine rings is 2. The predicted molar refractivity (Wildman–Crippen MR) is 279 cm³/mol. The average molecular weight is 1100 g/mol. The fraction of sp³-hybridized carbons (Fsp3) is 0.611. The molecule has 0 unspecified atom stereocenters. The first-order valence-corrected chi connectivity index (χ1v) is 26.6. The van der Waals surface area contributed by atoms with Crippen molar-refractivity contribution in [1.82, 2.24) is 36.1 Å². The van der Waals surface area contributed by atoms with Crippen LogP contribution in [0.15, 0.2) is 16.9 Å². The number of carbonyl (C=O) groups excluding carboxylic acids is 7. The number of hydrogen-bond donors (Lipinski definition) is 11. The van der Waals surface area contributed by atoms with E-state index < -0.39 is 121 Å². The lowest BCUT2D eigenvalue weighted by Gasteiger charge is -2.31. The molecule has 0 saturated carbocycles. The summed E-state index contributed by atoms with van der Waals surface area (Å²) in [6.45, 7) is 9.90. The second-order valence-electron chi connectivity index (χ2n) is 20.4. The largest absolute Gasteiger partial charge is 0.458 e. The number of amides is 5. The number of aryl methyl sites for hydroxylation is 2. The lowest BCUT2D eigenvalue weighted by Crippen LogP contribution is -2.58. The number of Topliss-reactive ketones (excluding diaryl/α,β-unsaturated/α-hetero) is 1. The maximum Gasteiger partial charge on any atom is 0.343 e. The number of halogens is 1. The van der Waals surface area contributed by atoms with Crippen LogP contribution in [-0.2, 0) is 74.6 Å². The average Bonchev–Trinajstić information content (AvgIpc) is 3.87. The fourth-order valence-corrected chi connectivity index (χ4v) is 9.66. The zero-order valence-corrected chi connectivity index (χ0v) is 45.3. The Bertz CT molecular complexity index is 2770. The van der Waals surface area contributed by atoms with E-state index in [0.29, 0.717) is 61.0 Å². The van der Waals surface area contributed by atoms with E-state index in [9.17, 15) is 63.9 Å². The third-order valence-electron chi connectivity index (χ3n) is 14.4. The zero-order chi connectivity index (χ0) is 57.8. The molecule has 0 aliphatic carbocycles. The number of unbranched alkanes of at least 4 members (excludes halogenated alkanes) is 2. The summed E-state index contributed by atoms with van der Waals surface area (Å²) >= 11 is 0. The highest BCUT2D eigenvalue weighted by Gasteiger charge is 2.46. The molecule has 3 aromatic rings. The predicted octanol–water partition coefficient (Wildman–Crippen LogP) is 0.115. The van der Waals surface area contributed by atoms with Gasteiger partial charge in [-0.1, -0.05) is 27.7 Å². The number of hydrogen-bond acceptors (Lipinski definition) is 17. The molecule has 11 N–H and O–H groups in total. The van der Waals surface area contributed by atoms with Gasteiger partial charge in [0.05, 0.1) is 41.7 Å². The van der Waals surface area contributed by atoms with Crippen molar-refractivity contribution >= 4 is 52.2 Å². The normalized spacial score (nSPS) is 17.3. The highest BCUT2D eigenvalue weighted by Crippen LogP contribution is 2.42. The number of aliphatic hydroxyl groups is 6. The van der Waals surface area contributed by atoms with Gasteiger partial charge in [-0.15, -0.1) is 0 Å². The molecule has 430 valence electrons. The van der Waals surface area contributed by atoms with Crippen LogP contribution in [0.5, 0.6) is 0 Å². The number of cyclic esters (lactones) is 1. The van der Waals surface area contributed by atoms with Gasteiger partial charge in [0.15, 0.2) is 5.60 Å². The highest BCUT2D eigenvalue weighted by atomic mass is 19.1. The number of benzene rings is 1. The van der Waals surface area contributed by atoms with Gasteiger partial charge in [0.1, 0.15) is 61.4 Å². The Labute approximate surface area is 451 Å². The molecule has 4 heterocycles. The third kappa shape index (κ3) is 14.9. The Morgan fingerprint density at radius 1 is 0.846 bits per heavy atom. The Morgan fingerprint density at radius 3 is 2.19 bits per heavy atom. The van der Waals surface area contributed by atoms with E-state index in [1.807, 2.05) is 6.92 Å². The molecule has 1 aromatic carbocycles. The van der Waals surface area contributed by atoms with Gasteiger partial charge in [-0.25, -0.2) is 14.2 Å². The van der Waals surface area contributed by atoms with Crippen molar-refractivity contribution < 1.29 is 78.1 Å². The minimum Gasteiger partial charge on any atom is -0.458 e. The van der Waals surface area contributed by atoms with Crippen LogP contribution in [0.2, 0.25) is 0 Å². The van der Waals surface area contributed by atoms with Gasteiger partial charge in [-0.05, 0) is 101 Å². The van der Waals surface area contributed by atoms with Crippen molar-refractivity contribution in [2.24, 2.45) is 5.92 Å². The minimum atomic E-state index is -1.99. The van der Waals surface area contributed by atoms with Gasteiger partial charge in [0, 0.05) is 55.0 Å². The molecule has 2 aliphatic rings. The molecule has 23 nitrogen and oxygen atoms in total. The molecule has 5 rings (SSSR count). The van der Waals surface area contributed by atoms with Gasteiger partial charge < -0.3 is 76.1 Å². The van der Waals surface area contributed by atoms with E-state index in [4.69, 9.17) is 19.6 Å². The summed E-state index contributed by atoms with van der Waals surface area (Å²) in [5.74, 6) is -5.31. The number of fused-ring (bicyclic) bond motifs is 5. The molecule has 24 heteroatoms. The molecular formula is C54H76FN7O16. The van der Waals surface area contributed by atoms with Gasteiger partial charge in [-0.3, -0.25) is 28.8 Å². The molecule has 8 atom stereocenters. The van der Waals surface area contributed by atoms with Gasteiger partial charge in [0.25, 0.3) is 5.56 Å². The topological polar surface area (TPSA) is 354 Å². The minimum absolute atomic E-state index is 0.00513. The summed E-state index contributed by atoms with van der Waals surface area (Å²) < 4.78 is 28.1. The first kappa shape index (κ1) is 62.6. The molecule has 2 aromatic heterocycles. The zero-order valence-electron chi connectivity index (χ0n) is 45.3. The first-order chi connectivity index (χ1) is 36.9. The smallest absolute Gasteiger partial charge is 0.343 e. The SMILES string of the molecule is CCc1c2c(nc3cc(F)c(C)c(CCCCOCNC(=O)[C@H](C)NC(=O)[C@@H](NC(=O)[C@H](CCC(=O)NC[C@H](O)[C@@H](O)[C@H](O)[C@H](O)CO)NC(=O)CCCCC(C)=O)C(C)C)c13)-c1cc3c(c(=O)n1C2)COC(=O)[C@]3(O)CC. The molecule has 0 bridgehead atoms. The van der Waals surface area contributed by atoms with Crippen LogP contribution in [0, 0.1) is 18.7 Å². The molecule has 0 radical (unpaired) electrons. The van der Waals surface area contributed by atoms with Crippen molar-refractivity contribution in [1.29, 1.82) is 0 Å². The number of aromatic nitrogens is 2. The summed E-state index contributed by atoms with van der Waals surface area (Å²) in [6, 6.07) is -0.655. The van der Waals surface area contributed by atoms with E-state index in [2.05, 4.69) is 26.6 Å². The van der Waals surface area contributed by atoms with Crippen molar-refractivity contribution in [3.05, 3.63) is 61.7 Å². The van der Waals surface area contributed by atoms with E-state index in [1.54, 1.807) is 38.3 Å². The van der Waals surface area contributed by atoms with Crippen LogP contribution in [0.1, 0.15) is 133 Å².